The second-order valence-electron chi connectivity index (χ2n) is 16.9. The van der Waals surface area contributed by atoms with Crippen molar-refractivity contribution in [1.82, 2.24) is 0 Å². The van der Waals surface area contributed by atoms with Gasteiger partial charge in [-0.05, 0) is 70.6 Å². The van der Waals surface area contributed by atoms with Gasteiger partial charge in [0, 0.05) is 12.8 Å². The van der Waals surface area contributed by atoms with Crippen molar-refractivity contribution in [2.24, 2.45) is 0 Å². The summed E-state index contributed by atoms with van der Waals surface area (Å²) in [7, 11) is 0. The van der Waals surface area contributed by atoms with Crippen molar-refractivity contribution in [3.05, 3.63) is 36.5 Å². The molecule has 57 heavy (non-hydrogen) atoms. The average molecular weight is 801 g/mol. The summed E-state index contributed by atoms with van der Waals surface area (Å²) in [5.74, 6) is -0.590. The lowest BCUT2D eigenvalue weighted by Crippen LogP contribution is -2.28. The molecule has 0 amide bonds. The number of hydrogen-bond donors (Lipinski definition) is 1. The van der Waals surface area contributed by atoms with Crippen molar-refractivity contribution < 1.29 is 24.2 Å². The SMILES string of the molecule is CCCCCCC/C=C\C/C=C\CCCCCCCCCCCCCCCCCC(=O)OC(CO)COC(=O)CCCCCCC/C=C\CCCCCCCCC. The van der Waals surface area contributed by atoms with Gasteiger partial charge < -0.3 is 14.6 Å². The van der Waals surface area contributed by atoms with Gasteiger partial charge in [0.1, 0.15) is 6.61 Å². The zero-order valence-electron chi connectivity index (χ0n) is 38.1. The molecular weight excluding hydrogens is 705 g/mol. The Kier molecular flexibility index (Phi) is 46.9. The minimum Gasteiger partial charge on any atom is -0.462 e. The molecule has 1 atom stereocenters. The van der Waals surface area contributed by atoms with Gasteiger partial charge in [0.15, 0.2) is 6.10 Å². The second-order valence-corrected chi connectivity index (χ2v) is 16.9. The van der Waals surface area contributed by atoms with Crippen molar-refractivity contribution in [2.75, 3.05) is 13.2 Å². The fourth-order valence-electron chi connectivity index (χ4n) is 7.35. The molecule has 0 spiro atoms. The molecule has 0 aliphatic rings. The molecule has 0 saturated heterocycles. The first-order valence-electron chi connectivity index (χ1n) is 25.0. The van der Waals surface area contributed by atoms with Gasteiger partial charge >= 0.3 is 11.9 Å². The minimum atomic E-state index is -0.773. The number of hydrogen-bond acceptors (Lipinski definition) is 5. The van der Waals surface area contributed by atoms with Crippen molar-refractivity contribution >= 4 is 11.9 Å². The van der Waals surface area contributed by atoms with Crippen molar-refractivity contribution in [1.29, 1.82) is 0 Å². The average Bonchev–Trinajstić information content (AvgIpc) is 3.21. The van der Waals surface area contributed by atoms with Gasteiger partial charge in [0.05, 0.1) is 6.61 Å². The molecule has 5 heteroatoms. The molecule has 0 fully saturated rings. The Morgan fingerprint density at radius 1 is 0.404 bits per heavy atom. The Morgan fingerprint density at radius 2 is 0.702 bits per heavy atom. The summed E-state index contributed by atoms with van der Waals surface area (Å²) in [5, 5.41) is 9.61. The van der Waals surface area contributed by atoms with E-state index in [2.05, 4.69) is 50.3 Å². The Bertz CT molecular complexity index is 908. The summed E-state index contributed by atoms with van der Waals surface area (Å²) >= 11 is 0. The maximum atomic E-state index is 12.3. The second kappa shape index (κ2) is 48.5. The molecule has 1 unspecified atom stereocenters. The largest absolute Gasteiger partial charge is 0.462 e. The Morgan fingerprint density at radius 3 is 1.05 bits per heavy atom. The van der Waals surface area contributed by atoms with E-state index in [0.29, 0.717) is 12.8 Å². The van der Waals surface area contributed by atoms with Crippen LogP contribution in [0.5, 0.6) is 0 Å². The summed E-state index contributed by atoms with van der Waals surface area (Å²) in [4.78, 5) is 24.4. The Balaban J connectivity index is 3.47. The zero-order valence-corrected chi connectivity index (χ0v) is 38.1. The van der Waals surface area contributed by atoms with E-state index in [1.54, 1.807) is 0 Å². The lowest BCUT2D eigenvalue weighted by Gasteiger charge is -2.15. The number of ether oxygens (including phenoxy) is 2. The highest BCUT2D eigenvalue weighted by molar-refractivity contribution is 5.70. The van der Waals surface area contributed by atoms with Crippen molar-refractivity contribution in [2.45, 2.75) is 270 Å². The number of rotatable bonds is 46. The monoisotopic (exact) mass is 801 g/mol. The fourth-order valence-corrected chi connectivity index (χ4v) is 7.35. The summed E-state index contributed by atoms with van der Waals surface area (Å²) in [6, 6.07) is 0. The molecule has 0 aliphatic heterocycles. The number of aliphatic hydroxyl groups is 1. The highest BCUT2D eigenvalue weighted by atomic mass is 16.6. The molecule has 1 N–H and O–H groups in total. The Hall–Kier alpha value is -1.88. The molecule has 0 bridgehead atoms. The van der Waals surface area contributed by atoms with Crippen LogP contribution in [0.3, 0.4) is 0 Å². The van der Waals surface area contributed by atoms with E-state index >= 15 is 0 Å². The number of esters is 2. The van der Waals surface area contributed by atoms with Crippen LogP contribution in [0.25, 0.3) is 0 Å². The molecule has 0 aromatic heterocycles. The van der Waals surface area contributed by atoms with E-state index in [1.165, 1.54) is 186 Å². The lowest BCUT2D eigenvalue weighted by atomic mass is 10.0. The number of carbonyl (C=O) groups excluding carboxylic acids is 2. The number of allylic oxidation sites excluding steroid dienone is 6. The molecule has 0 aliphatic carbocycles. The quantitative estimate of drug-likeness (QED) is 0.0377. The highest BCUT2D eigenvalue weighted by Gasteiger charge is 2.16. The van der Waals surface area contributed by atoms with Crippen molar-refractivity contribution in [3.63, 3.8) is 0 Å². The topological polar surface area (TPSA) is 72.8 Å². The summed E-state index contributed by atoms with van der Waals surface area (Å²) in [6.07, 6.45) is 60.9. The smallest absolute Gasteiger partial charge is 0.306 e. The third-order valence-electron chi connectivity index (χ3n) is 11.2. The maximum Gasteiger partial charge on any atom is 0.306 e. The molecule has 0 radical (unpaired) electrons. The predicted molar refractivity (Wildman–Crippen MR) is 247 cm³/mol. The number of carbonyl (C=O) groups is 2. The maximum absolute atomic E-state index is 12.3. The van der Waals surface area contributed by atoms with Crippen LogP contribution in [0.15, 0.2) is 36.5 Å². The minimum absolute atomic E-state index is 0.0672. The highest BCUT2D eigenvalue weighted by Crippen LogP contribution is 2.16. The first-order chi connectivity index (χ1) is 28.1. The van der Waals surface area contributed by atoms with Gasteiger partial charge in [-0.2, -0.15) is 0 Å². The van der Waals surface area contributed by atoms with E-state index in [9.17, 15) is 14.7 Å². The van der Waals surface area contributed by atoms with Crippen LogP contribution in [-0.2, 0) is 19.1 Å². The Labute approximate surface area is 355 Å². The first-order valence-corrected chi connectivity index (χ1v) is 25.0. The molecule has 0 aromatic rings. The van der Waals surface area contributed by atoms with Crippen LogP contribution >= 0.6 is 0 Å². The molecular formula is C52H96O5. The van der Waals surface area contributed by atoms with Crippen molar-refractivity contribution in [3.8, 4) is 0 Å². The van der Waals surface area contributed by atoms with Gasteiger partial charge in [-0.3, -0.25) is 9.59 Å². The van der Waals surface area contributed by atoms with Gasteiger partial charge in [0.25, 0.3) is 0 Å². The van der Waals surface area contributed by atoms with Gasteiger partial charge in [0.2, 0.25) is 0 Å². The van der Waals surface area contributed by atoms with E-state index in [1.807, 2.05) is 0 Å². The van der Waals surface area contributed by atoms with Crippen LogP contribution in [0.4, 0.5) is 0 Å². The molecule has 334 valence electrons. The third-order valence-corrected chi connectivity index (χ3v) is 11.2. The fraction of sp³-hybridized carbons (Fsp3) is 0.846. The van der Waals surface area contributed by atoms with E-state index in [4.69, 9.17) is 9.47 Å². The van der Waals surface area contributed by atoms with E-state index in [-0.39, 0.29) is 25.2 Å². The van der Waals surface area contributed by atoms with Crippen LogP contribution in [0.2, 0.25) is 0 Å². The number of aliphatic hydroxyl groups excluding tert-OH is 1. The molecule has 5 nitrogen and oxygen atoms in total. The van der Waals surface area contributed by atoms with Gasteiger partial charge in [-0.1, -0.05) is 217 Å². The number of unbranched alkanes of at least 4 members (excludes halogenated alkanes) is 32. The first kappa shape index (κ1) is 55.1. The molecule has 0 aromatic carbocycles. The molecule has 0 rings (SSSR count). The van der Waals surface area contributed by atoms with Crippen LogP contribution < -0.4 is 0 Å². The van der Waals surface area contributed by atoms with Crippen LogP contribution in [0.1, 0.15) is 264 Å². The van der Waals surface area contributed by atoms with Crippen LogP contribution in [-0.4, -0.2) is 36.4 Å². The van der Waals surface area contributed by atoms with Crippen LogP contribution in [0, 0.1) is 0 Å². The summed E-state index contributed by atoms with van der Waals surface area (Å²) in [5.41, 5.74) is 0. The van der Waals surface area contributed by atoms with Gasteiger partial charge in [-0.15, -0.1) is 0 Å². The molecule has 0 heterocycles. The summed E-state index contributed by atoms with van der Waals surface area (Å²) < 4.78 is 10.7. The normalized spacial score (nSPS) is 12.4. The zero-order chi connectivity index (χ0) is 41.4. The molecule has 0 saturated carbocycles. The summed E-state index contributed by atoms with van der Waals surface area (Å²) in [6.45, 7) is 4.14. The van der Waals surface area contributed by atoms with E-state index in [0.717, 1.165) is 51.4 Å². The lowest BCUT2D eigenvalue weighted by molar-refractivity contribution is -0.161. The van der Waals surface area contributed by atoms with Gasteiger partial charge in [-0.25, -0.2) is 0 Å². The predicted octanol–water partition coefficient (Wildman–Crippen LogP) is 16.4. The third kappa shape index (κ3) is 46.7. The standard InChI is InChI=1S/C52H96O5/c1-3-5-7-9-11-13-15-17-19-21-22-23-24-25-26-27-28-29-30-31-33-35-37-39-41-43-45-47-52(55)57-50(48-53)49-56-51(54)46-44-42-40-38-36-34-32-20-18-16-14-12-10-8-6-4-2/h15,17,20-22,32,50,53H,3-14,16,18-19,23-31,33-49H2,1-2H3/b17-15-,22-21-,32-20-. The van der Waals surface area contributed by atoms with E-state index < -0.39 is 6.10 Å².